The molecule has 2 heterocycles. The Morgan fingerprint density at radius 2 is 2.08 bits per heavy atom. The average molecular weight is 334 g/mol. The lowest BCUT2D eigenvalue weighted by atomic mass is 10.2. The van der Waals surface area contributed by atoms with Gasteiger partial charge in [-0.2, -0.15) is 0 Å². The number of hydrogen-bond donors (Lipinski definition) is 2. The number of carbonyl (C=O) groups excluding carboxylic acids is 2. The molecule has 2 N–H and O–H groups in total. The van der Waals surface area contributed by atoms with Crippen LogP contribution in [0.15, 0.2) is 18.3 Å². The van der Waals surface area contributed by atoms with Gasteiger partial charge in [-0.05, 0) is 25.3 Å². The topological polar surface area (TPSA) is 83.6 Å². The Morgan fingerprint density at radius 1 is 1.29 bits per heavy atom. The molecule has 7 heteroatoms. The number of nitrogens with zero attached hydrogens (tertiary/aromatic N) is 2. The summed E-state index contributed by atoms with van der Waals surface area (Å²) in [6.45, 7) is 4.61. The zero-order valence-electron chi connectivity index (χ0n) is 14.2. The normalized spacial score (nSPS) is 13.6. The van der Waals surface area contributed by atoms with Crippen LogP contribution >= 0.6 is 0 Å². The molecular weight excluding hydrogens is 308 g/mol. The van der Waals surface area contributed by atoms with Crippen molar-refractivity contribution in [1.29, 1.82) is 0 Å². The van der Waals surface area contributed by atoms with Gasteiger partial charge in [0.15, 0.2) is 0 Å². The second-order valence-corrected chi connectivity index (χ2v) is 5.79. The van der Waals surface area contributed by atoms with Gasteiger partial charge >= 0.3 is 6.03 Å². The minimum absolute atomic E-state index is 0.0265. The lowest BCUT2D eigenvalue weighted by Crippen LogP contribution is -2.42. The first kappa shape index (κ1) is 18.0. The molecule has 1 fully saturated rings. The molecule has 1 saturated heterocycles. The van der Waals surface area contributed by atoms with E-state index in [0.717, 1.165) is 44.3 Å². The lowest BCUT2D eigenvalue weighted by molar-refractivity contribution is -0.128. The van der Waals surface area contributed by atoms with E-state index in [1.165, 1.54) is 0 Å². The fourth-order valence-electron chi connectivity index (χ4n) is 2.47. The van der Waals surface area contributed by atoms with Crippen molar-refractivity contribution in [2.75, 3.05) is 26.2 Å². The van der Waals surface area contributed by atoms with Crippen LogP contribution in [0.2, 0.25) is 0 Å². The summed E-state index contributed by atoms with van der Waals surface area (Å²) in [7, 11) is 0. The summed E-state index contributed by atoms with van der Waals surface area (Å²) >= 11 is 0. The zero-order chi connectivity index (χ0) is 17.2. The van der Waals surface area contributed by atoms with Gasteiger partial charge in [-0.3, -0.25) is 4.79 Å². The number of aromatic nitrogens is 1. The molecule has 7 nitrogen and oxygen atoms in total. The van der Waals surface area contributed by atoms with Crippen LogP contribution in [0.5, 0.6) is 5.88 Å². The summed E-state index contributed by atoms with van der Waals surface area (Å²) in [6.07, 6.45) is 5.76. The summed E-state index contributed by atoms with van der Waals surface area (Å²) in [6, 6.07) is 3.30. The maximum Gasteiger partial charge on any atom is 0.315 e. The second-order valence-electron chi connectivity index (χ2n) is 5.79. The molecule has 0 spiro atoms. The molecule has 1 aromatic heterocycles. The van der Waals surface area contributed by atoms with Crippen molar-refractivity contribution >= 4 is 11.9 Å². The number of amides is 3. The highest BCUT2D eigenvalue weighted by molar-refractivity contribution is 5.84. The number of pyridine rings is 1. The minimum Gasteiger partial charge on any atom is -0.477 e. The predicted octanol–water partition coefficient (Wildman–Crippen LogP) is 1.68. The van der Waals surface area contributed by atoms with Crippen LogP contribution in [0.1, 0.15) is 38.2 Å². The Hall–Kier alpha value is -2.31. The second kappa shape index (κ2) is 9.75. The Morgan fingerprint density at radius 3 is 2.83 bits per heavy atom. The van der Waals surface area contributed by atoms with E-state index in [9.17, 15) is 9.59 Å². The largest absolute Gasteiger partial charge is 0.477 e. The van der Waals surface area contributed by atoms with Crippen molar-refractivity contribution in [2.24, 2.45) is 0 Å². The SMILES string of the molecule is CCCCOc1ncccc1CNC(=O)NCC(=O)N1CCCC1. The molecule has 1 aliphatic heterocycles. The van der Waals surface area contributed by atoms with E-state index in [2.05, 4.69) is 22.5 Å². The predicted molar refractivity (Wildman–Crippen MR) is 90.7 cm³/mol. The first-order valence-corrected chi connectivity index (χ1v) is 8.57. The molecule has 1 aliphatic rings. The highest BCUT2D eigenvalue weighted by atomic mass is 16.5. The third kappa shape index (κ3) is 5.72. The molecule has 0 radical (unpaired) electrons. The maximum absolute atomic E-state index is 11.9. The molecule has 0 aromatic carbocycles. The van der Waals surface area contributed by atoms with Crippen molar-refractivity contribution < 1.29 is 14.3 Å². The van der Waals surface area contributed by atoms with Crippen LogP contribution in [0, 0.1) is 0 Å². The number of hydrogen-bond acceptors (Lipinski definition) is 4. The van der Waals surface area contributed by atoms with E-state index >= 15 is 0 Å². The quantitative estimate of drug-likeness (QED) is 0.709. The van der Waals surface area contributed by atoms with Crippen LogP contribution in [0.3, 0.4) is 0 Å². The van der Waals surface area contributed by atoms with Gasteiger partial charge in [-0.15, -0.1) is 0 Å². The van der Waals surface area contributed by atoms with Gasteiger partial charge in [0.1, 0.15) is 0 Å². The van der Waals surface area contributed by atoms with E-state index in [1.807, 2.05) is 6.07 Å². The molecule has 2 rings (SSSR count). The van der Waals surface area contributed by atoms with Crippen molar-refractivity contribution in [1.82, 2.24) is 20.5 Å². The third-order valence-corrected chi connectivity index (χ3v) is 3.88. The Bertz CT molecular complexity index is 544. The van der Waals surface area contributed by atoms with Gasteiger partial charge in [-0.1, -0.05) is 19.4 Å². The number of carbonyl (C=O) groups is 2. The Kier molecular flexibility index (Phi) is 7.32. The van der Waals surface area contributed by atoms with Gasteiger partial charge < -0.3 is 20.3 Å². The number of unbranched alkanes of at least 4 members (excludes halogenated alkanes) is 1. The van der Waals surface area contributed by atoms with Crippen LogP contribution in [-0.4, -0.2) is 48.1 Å². The number of rotatable bonds is 8. The fraction of sp³-hybridized carbons (Fsp3) is 0.588. The van der Waals surface area contributed by atoms with Crippen molar-refractivity contribution in [3.05, 3.63) is 23.9 Å². The van der Waals surface area contributed by atoms with Crippen LogP contribution < -0.4 is 15.4 Å². The third-order valence-electron chi connectivity index (χ3n) is 3.88. The molecule has 132 valence electrons. The van der Waals surface area contributed by atoms with Crippen molar-refractivity contribution in [3.63, 3.8) is 0 Å². The summed E-state index contributed by atoms with van der Waals surface area (Å²) in [5, 5.41) is 5.33. The van der Waals surface area contributed by atoms with E-state index in [4.69, 9.17) is 4.74 Å². The molecule has 3 amide bonds. The zero-order valence-corrected chi connectivity index (χ0v) is 14.2. The van der Waals surface area contributed by atoms with E-state index < -0.39 is 0 Å². The van der Waals surface area contributed by atoms with Crippen molar-refractivity contribution in [3.8, 4) is 5.88 Å². The van der Waals surface area contributed by atoms with Gasteiger partial charge in [-0.25, -0.2) is 9.78 Å². The monoisotopic (exact) mass is 334 g/mol. The molecule has 0 saturated carbocycles. The van der Waals surface area contributed by atoms with Crippen LogP contribution in [-0.2, 0) is 11.3 Å². The summed E-state index contributed by atoms with van der Waals surface area (Å²) in [4.78, 5) is 29.7. The van der Waals surface area contributed by atoms with Gasteiger partial charge in [0.25, 0.3) is 0 Å². The van der Waals surface area contributed by atoms with Gasteiger partial charge in [0.05, 0.1) is 13.2 Å². The Labute approximate surface area is 142 Å². The molecular formula is C17H26N4O3. The summed E-state index contributed by atoms with van der Waals surface area (Å²) in [5.41, 5.74) is 0.814. The Balaban J connectivity index is 1.73. The molecule has 0 unspecified atom stereocenters. The van der Waals surface area contributed by atoms with Crippen LogP contribution in [0.4, 0.5) is 4.79 Å². The minimum atomic E-state index is -0.370. The molecule has 24 heavy (non-hydrogen) atoms. The fourth-order valence-corrected chi connectivity index (χ4v) is 2.47. The number of nitrogens with one attached hydrogen (secondary N) is 2. The molecule has 0 bridgehead atoms. The summed E-state index contributed by atoms with van der Waals surface area (Å²) in [5.74, 6) is 0.506. The summed E-state index contributed by atoms with van der Waals surface area (Å²) < 4.78 is 5.63. The lowest BCUT2D eigenvalue weighted by Gasteiger charge is -2.16. The molecule has 0 atom stereocenters. The highest BCUT2D eigenvalue weighted by Crippen LogP contribution is 2.14. The van der Waals surface area contributed by atoms with E-state index in [0.29, 0.717) is 19.0 Å². The standard InChI is InChI=1S/C17H26N4O3/c1-2-3-11-24-16-14(7-6-8-18-16)12-19-17(23)20-13-15(22)21-9-4-5-10-21/h6-8H,2-5,9-13H2,1H3,(H2,19,20,23). The maximum atomic E-state index is 11.9. The van der Waals surface area contributed by atoms with Crippen molar-refractivity contribution in [2.45, 2.75) is 39.2 Å². The number of urea groups is 1. The van der Waals surface area contributed by atoms with Gasteiger partial charge in [0.2, 0.25) is 11.8 Å². The number of ether oxygens (including phenoxy) is 1. The molecule has 0 aliphatic carbocycles. The van der Waals surface area contributed by atoms with Crippen LogP contribution in [0.25, 0.3) is 0 Å². The van der Waals surface area contributed by atoms with Gasteiger partial charge in [0, 0.05) is 31.4 Å². The highest BCUT2D eigenvalue weighted by Gasteiger charge is 2.18. The first-order valence-electron chi connectivity index (χ1n) is 8.57. The number of likely N-dealkylation sites (tertiary alicyclic amines) is 1. The average Bonchev–Trinajstić information content (AvgIpc) is 3.13. The first-order chi connectivity index (χ1) is 11.7. The molecule has 1 aromatic rings. The van der Waals surface area contributed by atoms with E-state index in [1.54, 1.807) is 17.2 Å². The van der Waals surface area contributed by atoms with E-state index in [-0.39, 0.29) is 18.5 Å². The smallest absolute Gasteiger partial charge is 0.315 e.